The van der Waals surface area contributed by atoms with E-state index >= 15 is 0 Å². The van der Waals surface area contributed by atoms with Crippen molar-refractivity contribution in [1.82, 2.24) is 15.0 Å². The van der Waals surface area contributed by atoms with Gasteiger partial charge in [0.2, 0.25) is 5.91 Å². The Bertz CT molecular complexity index is 1110. The number of ether oxygens (including phenoxy) is 1. The van der Waals surface area contributed by atoms with Gasteiger partial charge in [-0.1, -0.05) is 36.3 Å². The molecule has 3 aromatic rings. The monoisotopic (exact) mass is 461 g/mol. The Labute approximate surface area is 200 Å². The van der Waals surface area contributed by atoms with Gasteiger partial charge in [0.25, 0.3) is 5.91 Å². The van der Waals surface area contributed by atoms with Gasteiger partial charge < -0.3 is 19.1 Å². The van der Waals surface area contributed by atoms with Gasteiger partial charge in [-0.2, -0.15) is 0 Å². The van der Waals surface area contributed by atoms with E-state index in [1.807, 2.05) is 72.2 Å². The Balaban J connectivity index is 1.25. The lowest BCUT2D eigenvalue weighted by Gasteiger charge is -2.35. The molecule has 0 radical (unpaired) electrons. The number of amides is 2. The van der Waals surface area contributed by atoms with Gasteiger partial charge in [-0.25, -0.2) is 0 Å². The highest BCUT2D eigenvalue weighted by molar-refractivity contribution is 5.94. The Morgan fingerprint density at radius 3 is 2.12 bits per heavy atom. The summed E-state index contributed by atoms with van der Waals surface area (Å²) in [4.78, 5) is 29.2. The molecule has 0 bridgehead atoms. The van der Waals surface area contributed by atoms with Crippen molar-refractivity contribution in [1.29, 1.82) is 0 Å². The van der Waals surface area contributed by atoms with E-state index in [0.29, 0.717) is 44.8 Å². The molecule has 2 heterocycles. The number of hydrogen-bond donors (Lipinski definition) is 0. The fourth-order valence-corrected chi connectivity index (χ4v) is 4.08. The largest absolute Gasteiger partial charge is 0.489 e. The molecule has 7 heteroatoms. The summed E-state index contributed by atoms with van der Waals surface area (Å²) in [6.45, 7) is 8.45. The lowest BCUT2D eigenvalue weighted by atomic mass is 10.1. The van der Waals surface area contributed by atoms with Crippen LogP contribution in [0.15, 0.2) is 53.1 Å². The highest BCUT2D eigenvalue weighted by Crippen LogP contribution is 2.19. The normalized spacial score (nSPS) is 13.7. The van der Waals surface area contributed by atoms with Gasteiger partial charge in [-0.05, 0) is 55.7 Å². The van der Waals surface area contributed by atoms with Gasteiger partial charge in [-0.15, -0.1) is 0 Å². The van der Waals surface area contributed by atoms with Crippen LogP contribution in [0, 0.1) is 13.8 Å². The molecule has 2 aromatic carbocycles. The van der Waals surface area contributed by atoms with Crippen LogP contribution in [0.5, 0.6) is 5.75 Å². The van der Waals surface area contributed by atoms with Crippen molar-refractivity contribution in [3.63, 3.8) is 0 Å². The quantitative estimate of drug-likeness (QED) is 0.532. The van der Waals surface area contributed by atoms with Crippen molar-refractivity contribution in [2.24, 2.45) is 0 Å². The van der Waals surface area contributed by atoms with Crippen LogP contribution in [0.2, 0.25) is 0 Å². The van der Waals surface area contributed by atoms with Crippen LogP contribution in [0.3, 0.4) is 0 Å². The Hall–Kier alpha value is -3.61. The molecule has 178 valence electrons. The van der Waals surface area contributed by atoms with Crippen molar-refractivity contribution < 1.29 is 18.8 Å². The van der Waals surface area contributed by atoms with Gasteiger partial charge in [0.05, 0.1) is 17.7 Å². The van der Waals surface area contributed by atoms with Crippen LogP contribution in [0.1, 0.15) is 45.4 Å². The van der Waals surface area contributed by atoms with Crippen LogP contribution < -0.4 is 4.74 Å². The Morgan fingerprint density at radius 1 is 0.912 bits per heavy atom. The molecule has 34 heavy (non-hydrogen) atoms. The second-order valence-corrected chi connectivity index (χ2v) is 8.64. The predicted octanol–water partition coefficient (Wildman–Crippen LogP) is 3.96. The Kier molecular flexibility index (Phi) is 7.30. The molecule has 0 aliphatic carbocycles. The zero-order valence-corrected chi connectivity index (χ0v) is 20.0. The summed E-state index contributed by atoms with van der Waals surface area (Å²) in [5, 5.41) is 3.94. The number of aromatic nitrogens is 1. The summed E-state index contributed by atoms with van der Waals surface area (Å²) in [5.74, 6) is 1.59. The number of carbonyl (C=O) groups is 2. The predicted molar refractivity (Wildman–Crippen MR) is 129 cm³/mol. The molecule has 1 aliphatic heterocycles. The van der Waals surface area contributed by atoms with Crippen molar-refractivity contribution in [3.05, 3.63) is 82.2 Å². The number of aryl methyl sites for hydroxylation is 3. The molecule has 1 aromatic heterocycles. The smallest absolute Gasteiger partial charge is 0.253 e. The third kappa shape index (κ3) is 5.47. The molecule has 7 nitrogen and oxygen atoms in total. The fourth-order valence-electron chi connectivity index (χ4n) is 4.08. The molecule has 0 N–H and O–H groups in total. The van der Waals surface area contributed by atoms with Crippen molar-refractivity contribution in [3.8, 4) is 5.75 Å². The summed E-state index contributed by atoms with van der Waals surface area (Å²) in [6.07, 6.45) is 1.28. The van der Waals surface area contributed by atoms with Gasteiger partial charge >= 0.3 is 0 Å². The third-order valence-corrected chi connectivity index (χ3v) is 6.37. The topological polar surface area (TPSA) is 75.9 Å². The maximum Gasteiger partial charge on any atom is 0.253 e. The van der Waals surface area contributed by atoms with Crippen LogP contribution in [-0.4, -0.2) is 52.9 Å². The summed E-state index contributed by atoms with van der Waals surface area (Å²) in [6, 6.07) is 15.4. The molecule has 0 atom stereocenters. The molecule has 2 amide bonds. The fraction of sp³-hybridized carbons (Fsp3) is 0.370. The average molecular weight is 462 g/mol. The van der Waals surface area contributed by atoms with E-state index in [0.717, 1.165) is 34.8 Å². The lowest BCUT2D eigenvalue weighted by Crippen LogP contribution is -2.51. The van der Waals surface area contributed by atoms with E-state index < -0.39 is 0 Å². The van der Waals surface area contributed by atoms with Gasteiger partial charge in [0, 0.05) is 31.7 Å². The minimum absolute atomic E-state index is 0.0296. The molecule has 1 saturated heterocycles. The second-order valence-electron chi connectivity index (χ2n) is 8.64. The van der Waals surface area contributed by atoms with E-state index in [9.17, 15) is 9.59 Å². The minimum atomic E-state index is 0.0296. The molecule has 0 unspecified atom stereocenters. The van der Waals surface area contributed by atoms with E-state index in [2.05, 4.69) is 12.1 Å². The maximum absolute atomic E-state index is 12.8. The first-order chi connectivity index (χ1) is 16.4. The van der Waals surface area contributed by atoms with Crippen molar-refractivity contribution in [2.75, 3.05) is 26.2 Å². The SMILES string of the molecule is CCc1ccc(C(=O)N2CCN(C(=O)Cc3ccc(OCc4c(C)noc4C)cc3)CC2)cc1. The summed E-state index contributed by atoms with van der Waals surface area (Å²) >= 11 is 0. The zero-order chi connectivity index (χ0) is 24.1. The average Bonchev–Trinajstić information content (AvgIpc) is 3.20. The highest BCUT2D eigenvalue weighted by atomic mass is 16.5. The standard InChI is InChI=1S/C27H31N3O4/c1-4-21-5-9-23(10-6-21)27(32)30-15-13-29(14-16-30)26(31)17-22-7-11-24(12-8-22)33-18-25-19(2)28-34-20(25)3/h5-12H,4,13-18H2,1-3H3. The van der Waals surface area contributed by atoms with Crippen LogP contribution >= 0.6 is 0 Å². The first kappa shape index (κ1) is 23.5. The second kappa shape index (κ2) is 10.5. The van der Waals surface area contributed by atoms with Gasteiger partial charge in [0.15, 0.2) is 0 Å². The summed E-state index contributed by atoms with van der Waals surface area (Å²) in [5.41, 5.74) is 4.63. The summed E-state index contributed by atoms with van der Waals surface area (Å²) in [7, 11) is 0. The van der Waals surface area contributed by atoms with E-state index in [4.69, 9.17) is 9.26 Å². The van der Waals surface area contributed by atoms with Crippen LogP contribution in [-0.2, 0) is 24.2 Å². The maximum atomic E-state index is 12.8. The number of rotatable bonds is 7. The van der Waals surface area contributed by atoms with Crippen molar-refractivity contribution in [2.45, 2.75) is 40.2 Å². The van der Waals surface area contributed by atoms with E-state index in [-0.39, 0.29) is 11.8 Å². The molecular weight excluding hydrogens is 430 g/mol. The first-order valence-corrected chi connectivity index (χ1v) is 11.7. The summed E-state index contributed by atoms with van der Waals surface area (Å²) < 4.78 is 11.0. The molecular formula is C27H31N3O4. The third-order valence-electron chi connectivity index (χ3n) is 6.37. The van der Waals surface area contributed by atoms with Crippen LogP contribution in [0.4, 0.5) is 0 Å². The van der Waals surface area contributed by atoms with Gasteiger partial charge in [-0.3, -0.25) is 9.59 Å². The Morgan fingerprint density at radius 2 is 1.53 bits per heavy atom. The van der Waals surface area contributed by atoms with Crippen molar-refractivity contribution >= 4 is 11.8 Å². The number of carbonyl (C=O) groups excluding carboxylic acids is 2. The number of piperazine rings is 1. The molecule has 4 rings (SSSR count). The highest BCUT2D eigenvalue weighted by Gasteiger charge is 2.25. The molecule has 1 fully saturated rings. The van der Waals surface area contributed by atoms with E-state index in [1.165, 1.54) is 5.56 Å². The minimum Gasteiger partial charge on any atom is -0.489 e. The number of hydrogen-bond acceptors (Lipinski definition) is 5. The number of benzene rings is 2. The van der Waals surface area contributed by atoms with E-state index in [1.54, 1.807) is 0 Å². The molecule has 0 spiro atoms. The number of nitrogens with zero attached hydrogens (tertiary/aromatic N) is 3. The first-order valence-electron chi connectivity index (χ1n) is 11.7. The van der Waals surface area contributed by atoms with Crippen LogP contribution in [0.25, 0.3) is 0 Å². The van der Waals surface area contributed by atoms with Gasteiger partial charge in [0.1, 0.15) is 18.1 Å². The lowest BCUT2D eigenvalue weighted by molar-refractivity contribution is -0.131. The molecule has 1 aliphatic rings. The zero-order valence-electron chi connectivity index (χ0n) is 20.0. The molecule has 0 saturated carbocycles.